The standard InChI is InChI=1S/C16H22N2O2/c1-20-15-8-3-2-6-13(15)9-10-16(19)18-11-5-4-7-14(18)12-17/h2-3,6,8-10,14H,4-5,7,11-12,17H2,1H3. The van der Waals surface area contributed by atoms with E-state index in [2.05, 4.69) is 0 Å². The zero-order valence-corrected chi connectivity index (χ0v) is 11.9. The van der Waals surface area contributed by atoms with Crippen molar-refractivity contribution in [2.75, 3.05) is 20.2 Å². The lowest BCUT2D eigenvalue weighted by atomic mass is 10.0. The summed E-state index contributed by atoms with van der Waals surface area (Å²) in [5, 5.41) is 0. The summed E-state index contributed by atoms with van der Waals surface area (Å²) in [7, 11) is 1.63. The molecule has 1 saturated heterocycles. The number of carbonyl (C=O) groups is 1. The van der Waals surface area contributed by atoms with E-state index in [0.717, 1.165) is 37.1 Å². The Morgan fingerprint density at radius 1 is 1.45 bits per heavy atom. The summed E-state index contributed by atoms with van der Waals surface area (Å²) < 4.78 is 5.27. The second-order valence-electron chi connectivity index (χ2n) is 4.99. The molecule has 1 fully saturated rings. The molecule has 1 heterocycles. The van der Waals surface area contributed by atoms with Crippen LogP contribution in [0.2, 0.25) is 0 Å². The van der Waals surface area contributed by atoms with Gasteiger partial charge < -0.3 is 15.4 Å². The lowest BCUT2D eigenvalue weighted by molar-refractivity contribution is -0.129. The first-order valence-corrected chi connectivity index (χ1v) is 7.08. The molecule has 4 heteroatoms. The Hall–Kier alpha value is -1.81. The zero-order chi connectivity index (χ0) is 14.4. The monoisotopic (exact) mass is 274 g/mol. The van der Waals surface area contributed by atoms with E-state index >= 15 is 0 Å². The third-order valence-corrected chi connectivity index (χ3v) is 3.73. The van der Waals surface area contributed by atoms with Crippen molar-refractivity contribution in [1.29, 1.82) is 0 Å². The van der Waals surface area contributed by atoms with Gasteiger partial charge in [-0.15, -0.1) is 0 Å². The summed E-state index contributed by atoms with van der Waals surface area (Å²) in [5.74, 6) is 0.802. The molecular formula is C16H22N2O2. The van der Waals surface area contributed by atoms with E-state index in [1.165, 1.54) is 0 Å². The number of hydrogen-bond donors (Lipinski definition) is 1. The predicted octanol–water partition coefficient (Wildman–Crippen LogP) is 2.05. The SMILES string of the molecule is COc1ccccc1C=CC(=O)N1CCCCC1CN. The van der Waals surface area contributed by atoms with E-state index in [1.54, 1.807) is 13.2 Å². The number of nitrogens with zero attached hydrogens (tertiary/aromatic N) is 1. The lowest BCUT2D eigenvalue weighted by Crippen LogP contribution is -2.46. The first-order valence-electron chi connectivity index (χ1n) is 7.08. The van der Waals surface area contributed by atoms with Crippen LogP contribution in [0.4, 0.5) is 0 Å². The fraction of sp³-hybridized carbons (Fsp3) is 0.438. The molecule has 2 rings (SSSR count). The minimum absolute atomic E-state index is 0.0334. The molecule has 0 aliphatic carbocycles. The van der Waals surface area contributed by atoms with Crippen molar-refractivity contribution in [2.45, 2.75) is 25.3 Å². The first kappa shape index (κ1) is 14.6. The van der Waals surface area contributed by atoms with Crippen LogP contribution >= 0.6 is 0 Å². The Morgan fingerprint density at radius 3 is 3.00 bits per heavy atom. The molecule has 1 aromatic rings. The molecule has 1 aliphatic rings. The van der Waals surface area contributed by atoms with Crippen molar-refractivity contribution in [3.05, 3.63) is 35.9 Å². The van der Waals surface area contributed by atoms with Crippen LogP contribution in [0.1, 0.15) is 24.8 Å². The molecule has 4 nitrogen and oxygen atoms in total. The topological polar surface area (TPSA) is 55.6 Å². The van der Waals surface area contributed by atoms with E-state index < -0.39 is 0 Å². The minimum atomic E-state index is 0.0334. The quantitative estimate of drug-likeness (QED) is 0.855. The highest BCUT2D eigenvalue weighted by Crippen LogP contribution is 2.20. The van der Waals surface area contributed by atoms with Crippen molar-refractivity contribution < 1.29 is 9.53 Å². The van der Waals surface area contributed by atoms with Gasteiger partial charge >= 0.3 is 0 Å². The van der Waals surface area contributed by atoms with Crippen LogP contribution in [0.15, 0.2) is 30.3 Å². The molecule has 1 unspecified atom stereocenters. The van der Waals surface area contributed by atoms with Gasteiger partial charge in [-0.1, -0.05) is 18.2 Å². The molecule has 108 valence electrons. The molecule has 1 amide bonds. The molecule has 1 atom stereocenters. The molecular weight excluding hydrogens is 252 g/mol. The third-order valence-electron chi connectivity index (χ3n) is 3.73. The van der Waals surface area contributed by atoms with Gasteiger partial charge in [0.25, 0.3) is 0 Å². The van der Waals surface area contributed by atoms with Crippen LogP contribution in [0, 0.1) is 0 Å². The molecule has 2 N–H and O–H groups in total. The van der Waals surface area contributed by atoms with Gasteiger partial charge in [0.1, 0.15) is 5.75 Å². The number of carbonyl (C=O) groups excluding carboxylic acids is 1. The Labute approximate surface area is 120 Å². The van der Waals surface area contributed by atoms with Crippen molar-refractivity contribution in [3.63, 3.8) is 0 Å². The van der Waals surface area contributed by atoms with Crippen molar-refractivity contribution in [3.8, 4) is 5.75 Å². The van der Waals surface area contributed by atoms with Gasteiger partial charge in [0.05, 0.1) is 7.11 Å². The van der Waals surface area contributed by atoms with Gasteiger partial charge in [0.15, 0.2) is 0 Å². The second-order valence-corrected chi connectivity index (χ2v) is 4.99. The van der Waals surface area contributed by atoms with Crippen LogP contribution in [0.25, 0.3) is 6.08 Å². The molecule has 20 heavy (non-hydrogen) atoms. The van der Waals surface area contributed by atoms with Crippen LogP contribution in [-0.2, 0) is 4.79 Å². The highest BCUT2D eigenvalue weighted by Gasteiger charge is 2.23. The smallest absolute Gasteiger partial charge is 0.246 e. The van der Waals surface area contributed by atoms with Crippen LogP contribution in [-0.4, -0.2) is 37.0 Å². The number of amides is 1. The first-order chi connectivity index (χ1) is 9.76. The van der Waals surface area contributed by atoms with Crippen molar-refractivity contribution >= 4 is 12.0 Å². The Morgan fingerprint density at radius 2 is 2.25 bits per heavy atom. The lowest BCUT2D eigenvalue weighted by Gasteiger charge is -2.34. The summed E-state index contributed by atoms with van der Waals surface area (Å²) >= 11 is 0. The number of hydrogen-bond acceptors (Lipinski definition) is 3. The van der Waals surface area contributed by atoms with E-state index in [4.69, 9.17) is 10.5 Å². The summed E-state index contributed by atoms with van der Waals surface area (Å²) in [6.07, 6.45) is 6.65. The summed E-state index contributed by atoms with van der Waals surface area (Å²) in [6, 6.07) is 7.83. The van der Waals surface area contributed by atoms with E-state index in [-0.39, 0.29) is 11.9 Å². The van der Waals surface area contributed by atoms with Crippen LogP contribution in [0.5, 0.6) is 5.75 Å². The molecule has 0 bridgehead atoms. The maximum Gasteiger partial charge on any atom is 0.246 e. The molecule has 1 aromatic carbocycles. The fourth-order valence-corrected chi connectivity index (χ4v) is 2.60. The van der Waals surface area contributed by atoms with E-state index in [9.17, 15) is 4.79 Å². The number of benzene rings is 1. The molecule has 0 spiro atoms. The Balaban J connectivity index is 2.08. The van der Waals surface area contributed by atoms with Gasteiger partial charge in [0.2, 0.25) is 5.91 Å². The van der Waals surface area contributed by atoms with Gasteiger partial charge in [-0.25, -0.2) is 0 Å². The molecule has 1 aliphatic heterocycles. The number of methoxy groups -OCH3 is 1. The van der Waals surface area contributed by atoms with E-state index in [0.29, 0.717) is 6.54 Å². The highest BCUT2D eigenvalue weighted by molar-refractivity contribution is 5.92. The van der Waals surface area contributed by atoms with Gasteiger partial charge in [-0.3, -0.25) is 4.79 Å². The van der Waals surface area contributed by atoms with Gasteiger partial charge in [-0.05, 0) is 31.4 Å². The van der Waals surface area contributed by atoms with Crippen molar-refractivity contribution in [1.82, 2.24) is 4.90 Å². The normalized spacial score (nSPS) is 19.3. The molecule has 0 saturated carbocycles. The minimum Gasteiger partial charge on any atom is -0.496 e. The average molecular weight is 274 g/mol. The maximum absolute atomic E-state index is 12.3. The summed E-state index contributed by atoms with van der Waals surface area (Å²) in [5.41, 5.74) is 6.65. The number of nitrogens with two attached hydrogens (primary N) is 1. The number of ether oxygens (including phenoxy) is 1. The summed E-state index contributed by atoms with van der Waals surface area (Å²) in [6.45, 7) is 1.34. The highest BCUT2D eigenvalue weighted by atomic mass is 16.5. The molecule has 0 radical (unpaired) electrons. The number of likely N-dealkylation sites (tertiary alicyclic amines) is 1. The molecule has 0 aromatic heterocycles. The maximum atomic E-state index is 12.3. The largest absolute Gasteiger partial charge is 0.496 e. The number of piperidine rings is 1. The van der Waals surface area contributed by atoms with Gasteiger partial charge in [-0.2, -0.15) is 0 Å². The fourth-order valence-electron chi connectivity index (χ4n) is 2.60. The van der Waals surface area contributed by atoms with E-state index in [1.807, 2.05) is 35.2 Å². The number of rotatable bonds is 4. The number of para-hydroxylation sites is 1. The predicted molar refractivity (Wildman–Crippen MR) is 80.4 cm³/mol. The average Bonchev–Trinajstić information content (AvgIpc) is 2.52. The zero-order valence-electron chi connectivity index (χ0n) is 11.9. The second kappa shape index (κ2) is 7.10. The van der Waals surface area contributed by atoms with Gasteiger partial charge in [0, 0.05) is 30.8 Å². The van der Waals surface area contributed by atoms with Crippen LogP contribution in [0.3, 0.4) is 0 Å². The Bertz CT molecular complexity index is 485. The summed E-state index contributed by atoms with van der Waals surface area (Å²) in [4.78, 5) is 14.2. The van der Waals surface area contributed by atoms with Crippen LogP contribution < -0.4 is 10.5 Å². The Kier molecular flexibility index (Phi) is 5.18. The third kappa shape index (κ3) is 3.39. The van der Waals surface area contributed by atoms with Crippen molar-refractivity contribution in [2.24, 2.45) is 5.73 Å².